The topological polar surface area (TPSA) is 131 Å². The Morgan fingerprint density at radius 1 is 1.04 bits per heavy atom. The molecule has 0 aliphatic rings. The fraction of sp³-hybridized carbons (Fsp3) is 0.158. The number of anilines is 3. The van der Waals surface area contributed by atoms with Crippen LogP contribution in [0.15, 0.2) is 48.9 Å². The molecular weight excluding hydrogens is 340 g/mol. The summed E-state index contributed by atoms with van der Waals surface area (Å²) in [6.45, 7) is 0.803. The number of aryl methyl sites for hydroxylation is 1. The maximum atomic E-state index is 6.05. The van der Waals surface area contributed by atoms with Crippen LogP contribution in [0.1, 0.15) is 12.0 Å². The molecule has 0 saturated heterocycles. The van der Waals surface area contributed by atoms with Crippen molar-refractivity contribution in [3.05, 3.63) is 54.5 Å². The van der Waals surface area contributed by atoms with Crippen molar-refractivity contribution >= 4 is 28.4 Å². The molecule has 0 amide bonds. The summed E-state index contributed by atoms with van der Waals surface area (Å²) in [6.07, 6.45) is 7.23. The van der Waals surface area contributed by atoms with Crippen LogP contribution in [0.2, 0.25) is 0 Å². The van der Waals surface area contributed by atoms with Crippen molar-refractivity contribution in [2.45, 2.75) is 12.8 Å². The van der Waals surface area contributed by atoms with E-state index in [9.17, 15) is 0 Å². The van der Waals surface area contributed by atoms with Gasteiger partial charge in [0, 0.05) is 36.4 Å². The first-order valence-electron chi connectivity index (χ1n) is 8.70. The van der Waals surface area contributed by atoms with Crippen molar-refractivity contribution in [1.82, 2.24) is 25.1 Å². The number of aromatic nitrogens is 5. The maximum Gasteiger partial charge on any atom is 0.220 e. The number of nitrogen functional groups attached to an aromatic ring is 2. The predicted molar refractivity (Wildman–Crippen MR) is 107 cm³/mol. The smallest absolute Gasteiger partial charge is 0.220 e. The maximum absolute atomic E-state index is 6.05. The van der Waals surface area contributed by atoms with Gasteiger partial charge in [0.05, 0.1) is 16.6 Å². The van der Waals surface area contributed by atoms with Gasteiger partial charge in [-0.05, 0) is 48.7 Å². The lowest BCUT2D eigenvalue weighted by Gasteiger charge is -2.11. The molecule has 3 heterocycles. The van der Waals surface area contributed by atoms with Gasteiger partial charge >= 0.3 is 0 Å². The highest BCUT2D eigenvalue weighted by molar-refractivity contribution is 6.02. The van der Waals surface area contributed by atoms with E-state index < -0.39 is 0 Å². The van der Waals surface area contributed by atoms with Crippen LogP contribution in [0.4, 0.5) is 17.5 Å². The predicted octanol–water partition coefficient (Wildman–Crippen LogP) is 2.62. The van der Waals surface area contributed by atoms with Gasteiger partial charge in [-0.15, -0.1) is 0 Å². The summed E-state index contributed by atoms with van der Waals surface area (Å²) in [7, 11) is 0. The van der Waals surface area contributed by atoms with Gasteiger partial charge in [0.15, 0.2) is 5.82 Å². The zero-order valence-electron chi connectivity index (χ0n) is 14.7. The standard InChI is InChI=1S/C19H20N8/c20-18-17-15(23-6-1-2-12-3-7-22-8-4-12)10-13(11-16(17)26-27-18)14-5-9-24-19(21)25-14/h3-5,7-11,23H,1-2,6H2,(H3,20,26,27)(H2,21,24,25). The molecule has 8 heteroatoms. The second kappa shape index (κ2) is 7.28. The van der Waals surface area contributed by atoms with Gasteiger partial charge in [0.2, 0.25) is 5.95 Å². The Balaban J connectivity index is 1.57. The van der Waals surface area contributed by atoms with E-state index in [2.05, 4.69) is 30.5 Å². The number of H-pyrrole nitrogens is 1. The van der Waals surface area contributed by atoms with E-state index in [0.717, 1.165) is 47.2 Å². The molecule has 27 heavy (non-hydrogen) atoms. The molecule has 4 aromatic rings. The zero-order chi connectivity index (χ0) is 18.6. The lowest BCUT2D eigenvalue weighted by molar-refractivity contribution is 0.862. The number of rotatable bonds is 6. The molecule has 0 radical (unpaired) electrons. The number of benzene rings is 1. The van der Waals surface area contributed by atoms with Crippen molar-refractivity contribution in [2.75, 3.05) is 23.3 Å². The number of nitrogens with two attached hydrogens (primary N) is 2. The van der Waals surface area contributed by atoms with E-state index in [4.69, 9.17) is 11.5 Å². The first kappa shape index (κ1) is 16.8. The minimum atomic E-state index is 0.239. The number of hydrogen-bond donors (Lipinski definition) is 4. The third kappa shape index (κ3) is 3.64. The van der Waals surface area contributed by atoms with Crippen LogP contribution in [-0.2, 0) is 6.42 Å². The van der Waals surface area contributed by atoms with Crippen molar-refractivity contribution < 1.29 is 0 Å². The third-order valence-electron chi connectivity index (χ3n) is 4.37. The monoisotopic (exact) mass is 360 g/mol. The first-order chi connectivity index (χ1) is 13.2. The van der Waals surface area contributed by atoms with Gasteiger partial charge in [-0.1, -0.05) is 0 Å². The summed E-state index contributed by atoms with van der Waals surface area (Å²) in [5, 5.41) is 11.5. The molecule has 0 aliphatic heterocycles. The fourth-order valence-electron chi connectivity index (χ4n) is 3.07. The number of hydrogen-bond acceptors (Lipinski definition) is 7. The summed E-state index contributed by atoms with van der Waals surface area (Å²) in [5.74, 6) is 0.707. The first-order valence-corrected chi connectivity index (χ1v) is 8.70. The number of pyridine rings is 1. The molecule has 0 saturated carbocycles. The van der Waals surface area contributed by atoms with E-state index in [0.29, 0.717) is 5.82 Å². The summed E-state index contributed by atoms with van der Waals surface area (Å²) >= 11 is 0. The van der Waals surface area contributed by atoms with Crippen LogP contribution >= 0.6 is 0 Å². The van der Waals surface area contributed by atoms with E-state index >= 15 is 0 Å². The second-order valence-electron chi connectivity index (χ2n) is 6.24. The minimum Gasteiger partial charge on any atom is -0.384 e. The van der Waals surface area contributed by atoms with Crippen LogP contribution in [0.3, 0.4) is 0 Å². The molecule has 0 spiro atoms. The van der Waals surface area contributed by atoms with E-state index in [1.54, 1.807) is 6.20 Å². The molecule has 136 valence electrons. The Labute approximate surface area is 156 Å². The van der Waals surface area contributed by atoms with Crippen molar-refractivity contribution in [1.29, 1.82) is 0 Å². The second-order valence-corrected chi connectivity index (χ2v) is 6.24. The molecule has 0 unspecified atom stereocenters. The lowest BCUT2D eigenvalue weighted by Crippen LogP contribution is -2.04. The van der Waals surface area contributed by atoms with Crippen LogP contribution in [0, 0.1) is 0 Å². The SMILES string of the molecule is Nc1nccc(-c2cc(NCCCc3ccncc3)c3c(N)n[nH]c3c2)n1. The fourth-order valence-corrected chi connectivity index (χ4v) is 3.07. The van der Waals surface area contributed by atoms with Crippen LogP contribution < -0.4 is 16.8 Å². The lowest BCUT2D eigenvalue weighted by atomic mass is 10.1. The van der Waals surface area contributed by atoms with Crippen LogP contribution in [0.5, 0.6) is 0 Å². The summed E-state index contributed by atoms with van der Waals surface area (Å²) < 4.78 is 0. The number of aromatic amines is 1. The molecule has 6 N–H and O–H groups in total. The molecule has 0 bridgehead atoms. The molecule has 1 aromatic carbocycles. The van der Waals surface area contributed by atoms with Crippen molar-refractivity contribution in [3.8, 4) is 11.3 Å². The molecule has 3 aromatic heterocycles. The van der Waals surface area contributed by atoms with E-state index in [-0.39, 0.29) is 5.95 Å². The average molecular weight is 360 g/mol. The summed E-state index contributed by atoms with van der Waals surface area (Å²) in [5.41, 5.74) is 16.5. The van der Waals surface area contributed by atoms with Gasteiger partial charge in [-0.3, -0.25) is 10.1 Å². The van der Waals surface area contributed by atoms with Crippen molar-refractivity contribution in [3.63, 3.8) is 0 Å². The highest BCUT2D eigenvalue weighted by Gasteiger charge is 2.12. The molecular formula is C19H20N8. The van der Waals surface area contributed by atoms with Gasteiger partial charge in [0.1, 0.15) is 0 Å². The molecule has 0 atom stereocenters. The van der Waals surface area contributed by atoms with E-state index in [1.165, 1.54) is 5.56 Å². The summed E-state index contributed by atoms with van der Waals surface area (Å²) in [6, 6.07) is 9.87. The summed E-state index contributed by atoms with van der Waals surface area (Å²) in [4.78, 5) is 12.3. The van der Waals surface area contributed by atoms with Gasteiger partial charge in [-0.2, -0.15) is 5.10 Å². The molecule has 0 fully saturated rings. The Morgan fingerprint density at radius 2 is 1.89 bits per heavy atom. The Bertz CT molecular complexity index is 1060. The van der Waals surface area contributed by atoms with Crippen LogP contribution in [0.25, 0.3) is 22.2 Å². The number of fused-ring (bicyclic) bond motifs is 1. The minimum absolute atomic E-state index is 0.239. The van der Waals surface area contributed by atoms with Gasteiger partial charge in [-0.25, -0.2) is 9.97 Å². The molecule has 0 aliphatic carbocycles. The quantitative estimate of drug-likeness (QED) is 0.389. The molecule has 4 rings (SSSR count). The Hall–Kier alpha value is -3.68. The molecule has 8 nitrogen and oxygen atoms in total. The largest absolute Gasteiger partial charge is 0.384 e. The van der Waals surface area contributed by atoms with Crippen LogP contribution in [-0.4, -0.2) is 31.7 Å². The Morgan fingerprint density at radius 3 is 2.70 bits per heavy atom. The van der Waals surface area contributed by atoms with E-state index in [1.807, 2.05) is 42.7 Å². The highest BCUT2D eigenvalue weighted by atomic mass is 15.2. The normalized spacial score (nSPS) is 11.0. The van der Waals surface area contributed by atoms with Gasteiger partial charge in [0.25, 0.3) is 0 Å². The zero-order valence-corrected chi connectivity index (χ0v) is 14.7. The third-order valence-corrected chi connectivity index (χ3v) is 4.37. The van der Waals surface area contributed by atoms with Gasteiger partial charge < -0.3 is 16.8 Å². The number of nitrogens with one attached hydrogen (secondary N) is 2. The Kier molecular flexibility index (Phi) is 4.52. The average Bonchev–Trinajstić information content (AvgIpc) is 3.07. The number of nitrogens with zero attached hydrogens (tertiary/aromatic N) is 4. The highest BCUT2D eigenvalue weighted by Crippen LogP contribution is 2.32. The van der Waals surface area contributed by atoms with Crippen molar-refractivity contribution in [2.24, 2.45) is 0 Å².